The maximum Gasteiger partial charge on any atom is 0.326 e. The molecule has 2 atom stereocenters. The van der Waals surface area contributed by atoms with Gasteiger partial charge in [-0.3, -0.25) is 0 Å². The summed E-state index contributed by atoms with van der Waals surface area (Å²) >= 11 is 0. The van der Waals surface area contributed by atoms with Crippen LogP contribution in [-0.2, 0) is 14.6 Å². The summed E-state index contributed by atoms with van der Waals surface area (Å²) in [5.41, 5.74) is 0. The Bertz CT molecular complexity index is 407. The number of urea groups is 1. The van der Waals surface area contributed by atoms with E-state index in [1.807, 2.05) is 6.92 Å². The molecule has 8 heteroatoms. The minimum Gasteiger partial charge on any atom is -0.480 e. The van der Waals surface area contributed by atoms with Crippen molar-refractivity contribution in [2.45, 2.75) is 32.7 Å². The van der Waals surface area contributed by atoms with Gasteiger partial charge in [0.15, 0.2) is 0 Å². The van der Waals surface area contributed by atoms with Gasteiger partial charge in [-0.15, -0.1) is 0 Å². The molecule has 0 fully saturated rings. The van der Waals surface area contributed by atoms with Crippen molar-refractivity contribution >= 4 is 21.8 Å². The summed E-state index contributed by atoms with van der Waals surface area (Å²) < 4.78 is 21.7. The van der Waals surface area contributed by atoms with E-state index in [9.17, 15) is 18.0 Å². The number of rotatable bonds is 8. The molecule has 0 saturated carbocycles. The molecule has 0 rings (SSSR count). The number of amides is 2. The first-order valence-electron chi connectivity index (χ1n) is 6.12. The number of carbonyl (C=O) groups is 2. The molecular weight excluding hydrogens is 272 g/mol. The van der Waals surface area contributed by atoms with E-state index < -0.39 is 27.9 Å². The highest BCUT2D eigenvalue weighted by Gasteiger charge is 2.24. The Labute approximate surface area is 113 Å². The predicted molar refractivity (Wildman–Crippen MR) is 71.7 cm³/mol. The van der Waals surface area contributed by atoms with Gasteiger partial charge < -0.3 is 15.7 Å². The summed E-state index contributed by atoms with van der Waals surface area (Å²) in [5, 5.41) is 13.8. The molecule has 0 aromatic rings. The van der Waals surface area contributed by atoms with Gasteiger partial charge >= 0.3 is 12.0 Å². The second-order valence-electron chi connectivity index (χ2n) is 4.59. The smallest absolute Gasteiger partial charge is 0.326 e. The third kappa shape index (κ3) is 8.41. The normalized spacial score (nSPS) is 14.5. The van der Waals surface area contributed by atoms with Crippen LogP contribution in [0.25, 0.3) is 0 Å². The summed E-state index contributed by atoms with van der Waals surface area (Å²) in [5.74, 6) is -1.28. The zero-order chi connectivity index (χ0) is 15.1. The molecule has 2 amide bonds. The van der Waals surface area contributed by atoms with E-state index in [1.54, 1.807) is 6.92 Å². The average molecular weight is 294 g/mol. The first-order valence-corrected chi connectivity index (χ1v) is 8.18. The Hall–Kier alpha value is -1.31. The zero-order valence-electron chi connectivity index (χ0n) is 11.5. The molecule has 19 heavy (non-hydrogen) atoms. The van der Waals surface area contributed by atoms with Gasteiger partial charge in [-0.25, -0.2) is 18.0 Å². The molecule has 0 aliphatic heterocycles. The van der Waals surface area contributed by atoms with Crippen LogP contribution in [0.2, 0.25) is 0 Å². The molecule has 0 aliphatic carbocycles. The van der Waals surface area contributed by atoms with E-state index in [4.69, 9.17) is 5.11 Å². The molecule has 1 unspecified atom stereocenters. The summed E-state index contributed by atoms with van der Waals surface area (Å²) in [4.78, 5) is 22.4. The van der Waals surface area contributed by atoms with E-state index in [1.165, 1.54) is 0 Å². The molecule has 0 saturated heterocycles. The van der Waals surface area contributed by atoms with Crippen LogP contribution in [0, 0.1) is 5.92 Å². The van der Waals surface area contributed by atoms with E-state index in [0.717, 1.165) is 6.26 Å². The Morgan fingerprint density at radius 1 is 1.32 bits per heavy atom. The summed E-state index contributed by atoms with van der Waals surface area (Å²) in [6.45, 7) is 3.76. The van der Waals surface area contributed by atoms with Crippen LogP contribution in [0.4, 0.5) is 4.79 Å². The molecule has 0 aromatic heterocycles. The molecule has 0 aliphatic rings. The van der Waals surface area contributed by atoms with Crippen molar-refractivity contribution in [3.63, 3.8) is 0 Å². The highest BCUT2D eigenvalue weighted by Crippen LogP contribution is 2.07. The predicted octanol–water partition coefficient (Wildman–Crippen LogP) is 0.220. The molecule has 7 nitrogen and oxygen atoms in total. The summed E-state index contributed by atoms with van der Waals surface area (Å²) in [7, 11) is -3.04. The molecule has 0 heterocycles. The van der Waals surface area contributed by atoms with Crippen LogP contribution in [0.5, 0.6) is 0 Å². The van der Waals surface area contributed by atoms with Crippen molar-refractivity contribution in [1.82, 2.24) is 10.6 Å². The highest BCUT2D eigenvalue weighted by molar-refractivity contribution is 7.90. The SMILES string of the molecule is CCC(C)[C@H](NC(=O)NCCCS(C)(=O)=O)C(=O)O. The molecule has 0 spiro atoms. The third-order valence-electron chi connectivity index (χ3n) is 2.74. The quantitative estimate of drug-likeness (QED) is 0.554. The molecule has 0 aromatic carbocycles. The lowest BCUT2D eigenvalue weighted by Crippen LogP contribution is -2.49. The monoisotopic (exact) mass is 294 g/mol. The first-order chi connectivity index (χ1) is 8.67. The Morgan fingerprint density at radius 3 is 2.32 bits per heavy atom. The standard InChI is InChI=1S/C11H22N2O5S/c1-4-8(2)9(10(14)15)13-11(16)12-6-5-7-19(3,17)18/h8-9H,4-7H2,1-3H3,(H,14,15)(H2,12,13,16)/t8?,9-/m0/s1. The number of hydrogen-bond donors (Lipinski definition) is 3. The van der Waals surface area contributed by atoms with Gasteiger partial charge in [0.25, 0.3) is 0 Å². The third-order valence-corrected chi connectivity index (χ3v) is 3.77. The van der Waals surface area contributed by atoms with Crippen molar-refractivity contribution in [2.75, 3.05) is 18.6 Å². The maximum absolute atomic E-state index is 11.5. The van der Waals surface area contributed by atoms with Gasteiger partial charge in [0.05, 0.1) is 5.75 Å². The Balaban J connectivity index is 4.11. The number of carbonyl (C=O) groups excluding carboxylic acids is 1. The van der Waals surface area contributed by atoms with Crippen LogP contribution in [-0.4, -0.2) is 50.1 Å². The zero-order valence-corrected chi connectivity index (χ0v) is 12.3. The van der Waals surface area contributed by atoms with Crippen LogP contribution >= 0.6 is 0 Å². The van der Waals surface area contributed by atoms with Gasteiger partial charge in [0.1, 0.15) is 15.9 Å². The fourth-order valence-corrected chi connectivity index (χ4v) is 2.08. The molecule has 0 radical (unpaired) electrons. The van der Waals surface area contributed by atoms with Crippen molar-refractivity contribution < 1.29 is 23.1 Å². The fourth-order valence-electron chi connectivity index (χ4n) is 1.41. The number of aliphatic carboxylic acids is 1. The molecule has 3 N–H and O–H groups in total. The maximum atomic E-state index is 11.5. The fraction of sp³-hybridized carbons (Fsp3) is 0.818. The highest BCUT2D eigenvalue weighted by atomic mass is 32.2. The second kappa shape index (κ2) is 7.98. The topological polar surface area (TPSA) is 113 Å². The Morgan fingerprint density at radius 2 is 1.89 bits per heavy atom. The average Bonchev–Trinajstić information content (AvgIpc) is 2.29. The summed E-state index contributed by atoms with van der Waals surface area (Å²) in [6.07, 6.45) is 2.05. The number of hydrogen-bond acceptors (Lipinski definition) is 4. The van der Waals surface area contributed by atoms with Crippen molar-refractivity contribution in [1.29, 1.82) is 0 Å². The largest absolute Gasteiger partial charge is 0.480 e. The number of sulfone groups is 1. The van der Waals surface area contributed by atoms with Gasteiger partial charge in [-0.05, 0) is 12.3 Å². The van der Waals surface area contributed by atoms with E-state index in [-0.39, 0.29) is 18.2 Å². The molecule has 0 bridgehead atoms. The van der Waals surface area contributed by atoms with Crippen molar-refractivity contribution in [3.8, 4) is 0 Å². The van der Waals surface area contributed by atoms with Crippen LogP contribution in [0.15, 0.2) is 0 Å². The van der Waals surface area contributed by atoms with Gasteiger partial charge in [-0.2, -0.15) is 0 Å². The Kier molecular flexibility index (Phi) is 7.43. The minimum absolute atomic E-state index is 0.0129. The van der Waals surface area contributed by atoms with E-state index in [2.05, 4.69) is 10.6 Å². The minimum atomic E-state index is -3.04. The lowest BCUT2D eigenvalue weighted by Gasteiger charge is -2.20. The van der Waals surface area contributed by atoms with Crippen molar-refractivity contribution in [3.05, 3.63) is 0 Å². The van der Waals surface area contributed by atoms with Crippen LogP contribution < -0.4 is 10.6 Å². The van der Waals surface area contributed by atoms with Crippen molar-refractivity contribution in [2.24, 2.45) is 5.92 Å². The first kappa shape index (κ1) is 17.7. The van der Waals surface area contributed by atoms with E-state index >= 15 is 0 Å². The van der Waals surface area contributed by atoms with Gasteiger partial charge in [0.2, 0.25) is 0 Å². The second-order valence-corrected chi connectivity index (χ2v) is 6.84. The summed E-state index contributed by atoms with van der Waals surface area (Å²) in [6, 6.07) is -1.54. The van der Waals surface area contributed by atoms with Crippen LogP contribution in [0.1, 0.15) is 26.7 Å². The molecular formula is C11H22N2O5S. The lowest BCUT2D eigenvalue weighted by molar-refractivity contribution is -0.140. The van der Waals surface area contributed by atoms with Gasteiger partial charge in [-0.1, -0.05) is 20.3 Å². The van der Waals surface area contributed by atoms with E-state index in [0.29, 0.717) is 12.8 Å². The lowest BCUT2D eigenvalue weighted by atomic mass is 9.99. The number of carboxylic acid groups (broad SMARTS) is 1. The van der Waals surface area contributed by atoms with Gasteiger partial charge in [0, 0.05) is 12.8 Å². The van der Waals surface area contributed by atoms with Crippen LogP contribution in [0.3, 0.4) is 0 Å². The molecule has 112 valence electrons. The number of nitrogens with one attached hydrogen (secondary N) is 2. The number of carboxylic acids is 1.